The Bertz CT molecular complexity index is 830. The number of nitrogens with zero attached hydrogens (tertiary/aromatic N) is 1. The minimum atomic E-state index is -0.0513. The molecule has 1 unspecified atom stereocenters. The average molecular weight is 337 g/mol. The lowest BCUT2D eigenvalue weighted by Gasteiger charge is -2.43. The van der Waals surface area contributed by atoms with Gasteiger partial charge < -0.3 is 9.84 Å². The Morgan fingerprint density at radius 1 is 1.24 bits per heavy atom. The minimum Gasteiger partial charge on any atom is -0.504 e. The molecule has 1 N–H and O–H groups in total. The maximum Gasteiger partial charge on any atom is 0.161 e. The number of phenolic OH excluding ortho intramolecular Hbond substituents is 1. The number of benzene rings is 2. The van der Waals surface area contributed by atoms with E-state index in [0.717, 1.165) is 36.2 Å². The Morgan fingerprint density at radius 3 is 2.84 bits per heavy atom. The van der Waals surface area contributed by atoms with Gasteiger partial charge in [-0.15, -0.1) is 0 Å². The van der Waals surface area contributed by atoms with Crippen molar-refractivity contribution in [3.8, 4) is 11.5 Å². The summed E-state index contributed by atoms with van der Waals surface area (Å²) >= 11 is 0. The van der Waals surface area contributed by atoms with Crippen LogP contribution in [0.1, 0.15) is 40.6 Å². The zero-order valence-corrected chi connectivity index (χ0v) is 14.7. The van der Waals surface area contributed by atoms with Crippen LogP contribution in [-0.4, -0.2) is 36.0 Å². The van der Waals surface area contributed by atoms with Gasteiger partial charge in [-0.1, -0.05) is 35.9 Å². The molecule has 0 aliphatic carbocycles. The fourth-order valence-corrected chi connectivity index (χ4v) is 4.28. The Labute approximate surface area is 148 Å². The highest BCUT2D eigenvalue weighted by atomic mass is 16.5. The Hall–Kier alpha value is -2.33. The smallest absolute Gasteiger partial charge is 0.161 e. The second-order valence-electron chi connectivity index (χ2n) is 7.08. The maximum atomic E-state index is 12.9. The van der Waals surface area contributed by atoms with Crippen LogP contribution in [0.3, 0.4) is 0 Å². The third-order valence-corrected chi connectivity index (χ3v) is 5.60. The highest BCUT2D eigenvalue weighted by Crippen LogP contribution is 2.44. The van der Waals surface area contributed by atoms with Gasteiger partial charge >= 0.3 is 0 Å². The molecule has 1 saturated heterocycles. The number of ketones is 1. The molecule has 25 heavy (non-hydrogen) atoms. The number of piperidine rings is 1. The Balaban J connectivity index is 1.65. The van der Waals surface area contributed by atoms with Gasteiger partial charge in [0, 0.05) is 31.1 Å². The quantitative estimate of drug-likeness (QED) is 0.913. The SMILES string of the molecule is COc1ccc2c(c1O)CCN1CC(c3cccc(C)c3)C(=O)C[C@@H]21. The van der Waals surface area contributed by atoms with Gasteiger partial charge in [-0.05, 0) is 30.5 Å². The van der Waals surface area contributed by atoms with Crippen LogP contribution in [0.5, 0.6) is 11.5 Å². The molecule has 0 radical (unpaired) electrons. The topological polar surface area (TPSA) is 49.8 Å². The van der Waals surface area contributed by atoms with E-state index in [9.17, 15) is 9.90 Å². The summed E-state index contributed by atoms with van der Waals surface area (Å²) in [5, 5.41) is 10.4. The minimum absolute atomic E-state index is 0.0513. The number of hydrogen-bond donors (Lipinski definition) is 1. The Morgan fingerprint density at radius 2 is 2.08 bits per heavy atom. The van der Waals surface area contributed by atoms with Crippen LogP contribution in [0.4, 0.5) is 0 Å². The summed E-state index contributed by atoms with van der Waals surface area (Å²) < 4.78 is 5.22. The first kappa shape index (κ1) is 16.2. The van der Waals surface area contributed by atoms with E-state index in [-0.39, 0.29) is 23.5 Å². The molecule has 0 amide bonds. The number of ether oxygens (including phenoxy) is 1. The number of rotatable bonds is 2. The highest BCUT2D eigenvalue weighted by molar-refractivity contribution is 5.87. The van der Waals surface area contributed by atoms with Gasteiger partial charge in [0.05, 0.1) is 13.0 Å². The summed E-state index contributed by atoms with van der Waals surface area (Å²) in [5.41, 5.74) is 4.31. The number of methoxy groups -OCH3 is 1. The summed E-state index contributed by atoms with van der Waals surface area (Å²) in [5.74, 6) is 0.972. The van der Waals surface area contributed by atoms with Gasteiger partial charge in [0.25, 0.3) is 0 Å². The molecule has 4 nitrogen and oxygen atoms in total. The van der Waals surface area contributed by atoms with Gasteiger partial charge in [-0.3, -0.25) is 9.69 Å². The lowest BCUT2D eigenvalue weighted by Crippen LogP contribution is -2.45. The lowest BCUT2D eigenvalue weighted by molar-refractivity contribution is -0.125. The van der Waals surface area contributed by atoms with E-state index in [1.165, 1.54) is 5.56 Å². The number of carbonyl (C=O) groups excluding carboxylic acids is 1. The molecule has 2 heterocycles. The predicted molar refractivity (Wildman–Crippen MR) is 96.2 cm³/mol. The molecule has 0 saturated carbocycles. The fourth-order valence-electron chi connectivity index (χ4n) is 4.28. The third-order valence-electron chi connectivity index (χ3n) is 5.60. The predicted octanol–water partition coefficient (Wildman–Crippen LogP) is 3.37. The van der Waals surface area contributed by atoms with E-state index in [4.69, 9.17) is 4.74 Å². The first-order valence-corrected chi connectivity index (χ1v) is 8.80. The monoisotopic (exact) mass is 337 g/mol. The van der Waals surface area contributed by atoms with Crippen molar-refractivity contribution in [3.05, 3.63) is 58.7 Å². The zero-order chi connectivity index (χ0) is 17.6. The molecule has 2 atom stereocenters. The zero-order valence-electron chi connectivity index (χ0n) is 14.7. The van der Waals surface area contributed by atoms with Gasteiger partial charge in [-0.25, -0.2) is 0 Å². The maximum absolute atomic E-state index is 12.9. The summed E-state index contributed by atoms with van der Waals surface area (Å²) in [7, 11) is 1.56. The fraction of sp³-hybridized carbons (Fsp3) is 0.381. The van der Waals surface area contributed by atoms with Crippen molar-refractivity contribution in [2.24, 2.45) is 0 Å². The standard InChI is InChI=1S/C21H23NO3/c1-13-4-3-5-14(10-13)17-12-22-9-8-16-15(18(22)11-19(17)23)6-7-20(25-2)21(16)24/h3-7,10,17-18,24H,8-9,11-12H2,1-2H3/t17?,18-/m0/s1. The molecule has 2 aliphatic rings. The van der Waals surface area contributed by atoms with Gasteiger partial charge in [0.1, 0.15) is 5.78 Å². The summed E-state index contributed by atoms with van der Waals surface area (Å²) in [6, 6.07) is 12.1. The van der Waals surface area contributed by atoms with Crippen LogP contribution in [0.15, 0.2) is 36.4 Å². The first-order valence-electron chi connectivity index (χ1n) is 8.80. The van der Waals surface area contributed by atoms with E-state index in [1.807, 2.05) is 12.1 Å². The highest BCUT2D eigenvalue weighted by Gasteiger charge is 2.39. The molecular formula is C21H23NO3. The number of carbonyl (C=O) groups is 1. The number of aromatic hydroxyl groups is 1. The Kier molecular flexibility index (Phi) is 4.00. The van der Waals surface area contributed by atoms with E-state index >= 15 is 0 Å². The molecule has 2 aromatic rings. The molecular weight excluding hydrogens is 314 g/mol. The number of aryl methyl sites for hydroxylation is 1. The van der Waals surface area contributed by atoms with Gasteiger partial charge in [0.15, 0.2) is 11.5 Å². The number of phenols is 1. The van der Waals surface area contributed by atoms with E-state index in [1.54, 1.807) is 13.2 Å². The lowest BCUT2D eigenvalue weighted by atomic mass is 9.80. The number of fused-ring (bicyclic) bond motifs is 3. The van der Waals surface area contributed by atoms with Crippen LogP contribution < -0.4 is 4.74 Å². The van der Waals surface area contributed by atoms with E-state index in [2.05, 4.69) is 30.0 Å². The van der Waals surface area contributed by atoms with E-state index < -0.39 is 0 Å². The van der Waals surface area contributed by atoms with Crippen molar-refractivity contribution in [1.82, 2.24) is 4.90 Å². The van der Waals surface area contributed by atoms with Gasteiger partial charge in [0.2, 0.25) is 0 Å². The molecule has 0 bridgehead atoms. The molecule has 2 aliphatic heterocycles. The largest absolute Gasteiger partial charge is 0.504 e. The molecule has 0 spiro atoms. The molecule has 0 aromatic heterocycles. The summed E-state index contributed by atoms with van der Waals surface area (Å²) in [6.07, 6.45) is 1.28. The second kappa shape index (κ2) is 6.19. The second-order valence-corrected chi connectivity index (χ2v) is 7.08. The third kappa shape index (κ3) is 2.71. The van der Waals surface area contributed by atoms with Crippen molar-refractivity contribution in [2.75, 3.05) is 20.2 Å². The molecule has 4 rings (SSSR count). The van der Waals surface area contributed by atoms with Crippen LogP contribution >= 0.6 is 0 Å². The van der Waals surface area contributed by atoms with Crippen molar-refractivity contribution in [3.63, 3.8) is 0 Å². The molecule has 1 fully saturated rings. The van der Waals surface area contributed by atoms with Crippen LogP contribution in [0, 0.1) is 6.92 Å². The number of hydrogen-bond acceptors (Lipinski definition) is 4. The number of Topliss-reactive ketones (excluding diaryl/α,β-unsaturated/α-hetero) is 1. The average Bonchev–Trinajstić information content (AvgIpc) is 2.61. The van der Waals surface area contributed by atoms with Crippen molar-refractivity contribution in [2.45, 2.75) is 31.7 Å². The summed E-state index contributed by atoms with van der Waals surface area (Å²) in [6.45, 7) is 3.67. The van der Waals surface area contributed by atoms with E-state index in [0.29, 0.717) is 12.2 Å². The van der Waals surface area contributed by atoms with Crippen LogP contribution in [-0.2, 0) is 11.2 Å². The van der Waals surface area contributed by atoms with Crippen molar-refractivity contribution < 1.29 is 14.6 Å². The van der Waals surface area contributed by atoms with Crippen LogP contribution in [0.25, 0.3) is 0 Å². The normalized spacial score (nSPS) is 23.0. The van der Waals surface area contributed by atoms with Crippen molar-refractivity contribution in [1.29, 1.82) is 0 Å². The van der Waals surface area contributed by atoms with Crippen molar-refractivity contribution >= 4 is 5.78 Å². The van der Waals surface area contributed by atoms with Crippen LogP contribution in [0.2, 0.25) is 0 Å². The molecule has 4 heteroatoms. The first-order chi connectivity index (χ1) is 12.1. The summed E-state index contributed by atoms with van der Waals surface area (Å²) in [4.78, 5) is 15.3. The van der Waals surface area contributed by atoms with Gasteiger partial charge in [-0.2, -0.15) is 0 Å². The molecule has 130 valence electrons. The molecule has 2 aromatic carbocycles.